The lowest BCUT2D eigenvalue weighted by Gasteiger charge is -2.43. The van der Waals surface area contributed by atoms with Crippen molar-refractivity contribution in [3.05, 3.63) is 35.4 Å². The van der Waals surface area contributed by atoms with Crippen LogP contribution in [0.5, 0.6) is 0 Å². The highest BCUT2D eigenvalue weighted by Crippen LogP contribution is 2.39. The van der Waals surface area contributed by atoms with Crippen LogP contribution in [-0.4, -0.2) is 18.6 Å². The minimum absolute atomic E-state index is 0.105. The zero-order chi connectivity index (χ0) is 16.2. The van der Waals surface area contributed by atoms with Gasteiger partial charge in [-0.15, -0.1) is 0 Å². The van der Waals surface area contributed by atoms with Crippen LogP contribution in [0, 0.1) is 0 Å². The average molecular weight is 300 g/mol. The summed E-state index contributed by atoms with van der Waals surface area (Å²) in [5.41, 5.74) is 5.71. The first-order chi connectivity index (χ1) is 10.5. The van der Waals surface area contributed by atoms with Crippen molar-refractivity contribution in [3.8, 4) is 0 Å². The Labute approximate surface area is 136 Å². The molecule has 1 heterocycles. The molecule has 1 aromatic rings. The summed E-state index contributed by atoms with van der Waals surface area (Å²) in [5.74, 6) is 0. The Morgan fingerprint density at radius 2 is 1.91 bits per heavy atom. The maximum Gasteiger partial charge on any atom is 0.0534 e. The Kier molecular flexibility index (Phi) is 5.69. The summed E-state index contributed by atoms with van der Waals surface area (Å²) in [6.07, 6.45) is 6.09. The molecule has 1 aliphatic rings. The van der Waals surface area contributed by atoms with Crippen LogP contribution >= 0.6 is 0 Å². The molecule has 1 aliphatic heterocycles. The number of benzene rings is 1. The van der Waals surface area contributed by atoms with Gasteiger partial charge in [0.25, 0.3) is 0 Å². The van der Waals surface area contributed by atoms with Gasteiger partial charge in [0.2, 0.25) is 0 Å². The molecule has 22 heavy (non-hydrogen) atoms. The molecule has 0 fully saturated rings. The molecule has 2 nitrogen and oxygen atoms in total. The third-order valence-electron chi connectivity index (χ3n) is 4.53. The van der Waals surface area contributed by atoms with Crippen LogP contribution in [-0.2, 0) is 6.54 Å². The lowest BCUT2D eigenvalue weighted by atomic mass is 9.87. The summed E-state index contributed by atoms with van der Waals surface area (Å²) in [6, 6.07) is 6.99. The van der Waals surface area contributed by atoms with E-state index in [2.05, 4.69) is 69.1 Å². The van der Waals surface area contributed by atoms with Crippen LogP contribution in [0.1, 0.15) is 65.0 Å². The fourth-order valence-corrected chi connectivity index (χ4v) is 3.37. The smallest absolute Gasteiger partial charge is 0.0534 e. The lowest BCUT2D eigenvalue weighted by Crippen LogP contribution is -2.45. The van der Waals surface area contributed by atoms with E-state index >= 15 is 0 Å². The quantitative estimate of drug-likeness (QED) is 0.714. The molecule has 1 aromatic carbocycles. The molecular weight excluding hydrogens is 268 g/mol. The summed E-state index contributed by atoms with van der Waals surface area (Å²) >= 11 is 0. The summed E-state index contributed by atoms with van der Waals surface area (Å²) in [4.78, 5) is 2.57. The van der Waals surface area contributed by atoms with Crippen molar-refractivity contribution in [1.82, 2.24) is 5.32 Å². The summed E-state index contributed by atoms with van der Waals surface area (Å²) < 4.78 is 0. The highest BCUT2D eigenvalue weighted by molar-refractivity contribution is 5.81. The van der Waals surface area contributed by atoms with Gasteiger partial charge < -0.3 is 10.2 Å². The van der Waals surface area contributed by atoms with E-state index in [1.54, 1.807) is 0 Å². The van der Waals surface area contributed by atoms with Crippen LogP contribution < -0.4 is 10.2 Å². The highest BCUT2D eigenvalue weighted by Gasteiger charge is 2.30. The monoisotopic (exact) mass is 300 g/mol. The number of unbranched alkanes of at least 4 members (excludes halogenated alkanes) is 1. The molecule has 0 saturated heterocycles. The number of allylic oxidation sites excluding steroid dienone is 1. The van der Waals surface area contributed by atoms with E-state index in [1.165, 1.54) is 41.6 Å². The maximum atomic E-state index is 3.50. The fraction of sp³-hybridized carbons (Fsp3) is 0.600. The van der Waals surface area contributed by atoms with Crippen molar-refractivity contribution < 1.29 is 0 Å². The van der Waals surface area contributed by atoms with Gasteiger partial charge in [-0.1, -0.05) is 32.4 Å². The first-order valence-corrected chi connectivity index (χ1v) is 8.80. The van der Waals surface area contributed by atoms with Crippen molar-refractivity contribution in [2.24, 2.45) is 0 Å². The van der Waals surface area contributed by atoms with Crippen molar-refractivity contribution in [1.29, 1.82) is 0 Å². The molecule has 1 N–H and O–H groups in total. The Balaban J connectivity index is 2.29. The molecule has 122 valence electrons. The second kappa shape index (κ2) is 7.32. The van der Waals surface area contributed by atoms with Crippen molar-refractivity contribution >= 4 is 11.3 Å². The minimum Gasteiger partial charge on any atom is -0.362 e. The summed E-state index contributed by atoms with van der Waals surface area (Å²) in [6.45, 7) is 14.6. The Bertz CT molecular complexity index is 529. The van der Waals surface area contributed by atoms with Crippen LogP contribution in [0.2, 0.25) is 0 Å². The third-order valence-corrected chi connectivity index (χ3v) is 4.53. The van der Waals surface area contributed by atoms with Gasteiger partial charge in [0.05, 0.1) is 5.54 Å². The Morgan fingerprint density at radius 1 is 1.14 bits per heavy atom. The minimum atomic E-state index is 0.105. The molecule has 0 saturated carbocycles. The fourth-order valence-electron chi connectivity index (χ4n) is 3.37. The van der Waals surface area contributed by atoms with E-state index in [0.717, 1.165) is 19.6 Å². The molecule has 2 heteroatoms. The number of nitrogens with zero attached hydrogens (tertiary/aromatic N) is 1. The van der Waals surface area contributed by atoms with Gasteiger partial charge in [-0.25, -0.2) is 0 Å². The topological polar surface area (TPSA) is 15.3 Å². The van der Waals surface area contributed by atoms with E-state index in [9.17, 15) is 0 Å². The first-order valence-electron chi connectivity index (χ1n) is 8.80. The second-order valence-electron chi connectivity index (χ2n) is 7.01. The van der Waals surface area contributed by atoms with Gasteiger partial charge in [-0.2, -0.15) is 0 Å². The maximum absolute atomic E-state index is 3.50. The second-order valence-corrected chi connectivity index (χ2v) is 7.01. The molecule has 0 atom stereocenters. The molecule has 0 unspecified atom stereocenters. The zero-order valence-corrected chi connectivity index (χ0v) is 15.0. The van der Waals surface area contributed by atoms with Gasteiger partial charge in [0, 0.05) is 24.3 Å². The number of fused-ring (bicyclic) bond motifs is 1. The first kappa shape index (κ1) is 17.1. The summed E-state index contributed by atoms with van der Waals surface area (Å²) in [7, 11) is 0. The van der Waals surface area contributed by atoms with E-state index in [1.807, 2.05) is 0 Å². The van der Waals surface area contributed by atoms with Crippen molar-refractivity contribution in [2.45, 2.75) is 66.0 Å². The number of anilines is 1. The Morgan fingerprint density at radius 3 is 2.59 bits per heavy atom. The average Bonchev–Trinajstić information content (AvgIpc) is 2.47. The lowest BCUT2D eigenvalue weighted by molar-refractivity contribution is 0.540. The van der Waals surface area contributed by atoms with E-state index in [0.29, 0.717) is 0 Å². The van der Waals surface area contributed by atoms with Crippen molar-refractivity contribution in [2.75, 3.05) is 18.0 Å². The largest absolute Gasteiger partial charge is 0.362 e. The number of rotatable bonds is 7. The number of hydrogen-bond acceptors (Lipinski definition) is 2. The normalized spacial score (nSPS) is 16.4. The Hall–Kier alpha value is -1.28. The predicted molar refractivity (Wildman–Crippen MR) is 98.4 cm³/mol. The molecule has 0 radical (unpaired) electrons. The zero-order valence-electron chi connectivity index (χ0n) is 15.0. The third kappa shape index (κ3) is 3.73. The predicted octanol–water partition coefficient (Wildman–Crippen LogP) is 4.99. The highest BCUT2D eigenvalue weighted by atomic mass is 15.2. The standard InChI is InChI=1S/C20H32N2/c1-6-8-12-22-19-10-9-17(15-21-11-7-2)13-18(19)16(3)14-20(22,4)5/h9-10,13-14,21H,6-8,11-12,15H2,1-5H3. The SMILES string of the molecule is CCCCN1c2ccc(CNCCC)cc2C(C)=CC1(C)C. The molecule has 2 rings (SSSR count). The molecule has 0 amide bonds. The number of nitrogens with one attached hydrogen (secondary N) is 1. The van der Waals surface area contributed by atoms with E-state index < -0.39 is 0 Å². The van der Waals surface area contributed by atoms with Gasteiger partial charge in [0.1, 0.15) is 0 Å². The van der Waals surface area contributed by atoms with Crippen molar-refractivity contribution in [3.63, 3.8) is 0 Å². The van der Waals surface area contributed by atoms with Gasteiger partial charge in [-0.05, 0) is 63.4 Å². The van der Waals surface area contributed by atoms with Crippen LogP contribution in [0.4, 0.5) is 5.69 Å². The van der Waals surface area contributed by atoms with Crippen LogP contribution in [0.3, 0.4) is 0 Å². The van der Waals surface area contributed by atoms with Gasteiger partial charge in [-0.3, -0.25) is 0 Å². The van der Waals surface area contributed by atoms with Gasteiger partial charge in [0.15, 0.2) is 0 Å². The summed E-state index contributed by atoms with van der Waals surface area (Å²) in [5, 5.41) is 3.50. The van der Waals surface area contributed by atoms with E-state index in [4.69, 9.17) is 0 Å². The molecule has 0 aliphatic carbocycles. The van der Waals surface area contributed by atoms with E-state index in [-0.39, 0.29) is 5.54 Å². The molecule has 0 aromatic heterocycles. The van der Waals surface area contributed by atoms with Gasteiger partial charge >= 0.3 is 0 Å². The number of hydrogen-bond donors (Lipinski definition) is 1. The van der Waals surface area contributed by atoms with Crippen LogP contribution in [0.15, 0.2) is 24.3 Å². The molecule has 0 spiro atoms. The molecule has 0 bridgehead atoms. The van der Waals surface area contributed by atoms with Crippen LogP contribution in [0.25, 0.3) is 5.57 Å². The molecular formula is C20H32N2.